The van der Waals surface area contributed by atoms with E-state index in [2.05, 4.69) is 36.5 Å². The van der Waals surface area contributed by atoms with E-state index in [0.29, 0.717) is 57.9 Å². The Morgan fingerprint density at radius 1 is 0.930 bits per heavy atom. The fourth-order valence-corrected chi connectivity index (χ4v) is 4.55. The van der Waals surface area contributed by atoms with E-state index in [1.165, 1.54) is 0 Å². The molecule has 0 bridgehead atoms. The first-order valence-electron chi connectivity index (χ1n) is 15.3. The molecule has 3 rings (SSSR count). The predicted octanol–water partition coefficient (Wildman–Crippen LogP) is 5.29. The number of amides is 1. The number of rotatable bonds is 24. The highest BCUT2D eigenvalue weighted by Crippen LogP contribution is 2.28. The maximum atomic E-state index is 12.3. The first kappa shape index (κ1) is 35.0. The molecular weight excluding hydrogens is 618 g/mol. The Balaban J connectivity index is 1.22. The van der Waals surface area contributed by atoms with Gasteiger partial charge in [0, 0.05) is 71.5 Å². The molecule has 11 nitrogen and oxygen atoms in total. The monoisotopic (exact) mass is 665 g/mol. The highest BCUT2D eigenvalue weighted by molar-refractivity contribution is 9.10. The van der Waals surface area contributed by atoms with Crippen LogP contribution in [-0.2, 0) is 23.7 Å². The Morgan fingerprint density at radius 2 is 1.56 bits per heavy atom. The second kappa shape index (κ2) is 21.2. The summed E-state index contributed by atoms with van der Waals surface area (Å²) in [5.41, 5.74) is 0.848. The normalized spacial score (nSPS) is 13.0. The lowest BCUT2D eigenvalue weighted by atomic mass is 9.84. The van der Waals surface area contributed by atoms with E-state index in [0.717, 1.165) is 80.7 Å². The number of nitrogens with zero attached hydrogens (tertiary/aromatic N) is 3. The quantitative estimate of drug-likeness (QED) is 0.143. The summed E-state index contributed by atoms with van der Waals surface area (Å²) in [7, 11) is 3.53. The number of halogens is 1. The first-order chi connectivity index (χ1) is 21.1. The number of ether oxygens (including phenoxy) is 5. The van der Waals surface area contributed by atoms with Crippen LogP contribution in [0.3, 0.4) is 0 Å². The van der Waals surface area contributed by atoms with E-state index < -0.39 is 0 Å². The number of aromatic nitrogens is 2. The zero-order chi connectivity index (χ0) is 30.5. The lowest BCUT2D eigenvalue weighted by Crippen LogP contribution is -2.38. The summed E-state index contributed by atoms with van der Waals surface area (Å²) in [6, 6.07) is 7.64. The topological polar surface area (TPSA) is 116 Å². The van der Waals surface area contributed by atoms with Gasteiger partial charge < -0.3 is 39.2 Å². The number of carbonyl (C=O) groups excluding carboxylic acids is 1. The van der Waals surface area contributed by atoms with Gasteiger partial charge in [0.05, 0.1) is 24.3 Å². The van der Waals surface area contributed by atoms with Crippen LogP contribution in [0.2, 0.25) is 0 Å². The SMILES string of the molecule is COCCOCCCCOCCCCOCCOc1ccc(Nc2ncc(Br)c(NCCN(C)C(=O)C3CCC3)n2)cc1. The third-order valence-electron chi connectivity index (χ3n) is 7.01. The van der Waals surface area contributed by atoms with Crippen LogP contribution in [0.1, 0.15) is 44.9 Å². The van der Waals surface area contributed by atoms with Gasteiger partial charge in [-0.15, -0.1) is 0 Å². The van der Waals surface area contributed by atoms with Crippen molar-refractivity contribution in [3.63, 3.8) is 0 Å². The van der Waals surface area contributed by atoms with E-state index in [1.807, 2.05) is 31.3 Å². The van der Waals surface area contributed by atoms with Crippen LogP contribution in [0, 0.1) is 5.92 Å². The van der Waals surface area contributed by atoms with Crippen LogP contribution >= 0.6 is 15.9 Å². The number of methoxy groups -OCH3 is 1. The van der Waals surface area contributed by atoms with Crippen LogP contribution in [0.15, 0.2) is 34.9 Å². The number of hydrogen-bond donors (Lipinski definition) is 2. The molecule has 0 spiro atoms. The van der Waals surface area contributed by atoms with E-state index in [1.54, 1.807) is 18.2 Å². The van der Waals surface area contributed by atoms with Crippen molar-refractivity contribution in [2.75, 3.05) is 90.7 Å². The summed E-state index contributed by atoms with van der Waals surface area (Å²) in [6.07, 6.45) is 8.85. The molecule has 1 fully saturated rings. The van der Waals surface area contributed by atoms with Crippen LogP contribution < -0.4 is 15.4 Å². The zero-order valence-corrected chi connectivity index (χ0v) is 27.2. The maximum absolute atomic E-state index is 12.3. The molecule has 0 unspecified atom stereocenters. The van der Waals surface area contributed by atoms with E-state index in [-0.39, 0.29) is 11.8 Å². The molecule has 1 aliphatic rings. The summed E-state index contributed by atoms with van der Waals surface area (Å²) in [5.74, 6) is 2.35. The minimum atomic E-state index is 0.205. The molecule has 0 saturated heterocycles. The van der Waals surface area contributed by atoms with Crippen LogP contribution in [0.25, 0.3) is 0 Å². The standard InChI is InChI=1S/C31H48BrN5O6/c1-37(30(38)25-8-7-9-25)15-14-33-29-28(32)24-34-31(36-29)35-26-10-12-27(13-11-26)43-23-22-42-19-6-4-17-40-16-3-5-18-41-21-20-39-2/h10-13,24-25H,3-9,14-23H2,1-2H3,(H2,33,34,35,36). The number of carbonyl (C=O) groups is 1. The average molecular weight is 667 g/mol. The molecule has 0 atom stereocenters. The molecule has 12 heteroatoms. The van der Waals surface area contributed by atoms with Gasteiger partial charge in [0.2, 0.25) is 11.9 Å². The van der Waals surface area contributed by atoms with Crippen molar-refractivity contribution in [3.8, 4) is 5.75 Å². The molecule has 1 aliphatic carbocycles. The molecular formula is C31H48BrN5O6. The molecule has 2 N–H and O–H groups in total. The van der Waals surface area contributed by atoms with Gasteiger partial charge >= 0.3 is 0 Å². The van der Waals surface area contributed by atoms with Crippen molar-refractivity contribution < 1.29 is 28.5 Å². The Bertz CT molecular complexity index is 1040. The van der Waals surface area contributed by atoms with E-state index in [9.17, 15) is 4.79 Å². The van der Waals surface area contributed by atoms with Crippen molar-refractivity contribution in [3.05, 3.63) is 34.9 Å². The minimum absolute atomic E-state index is 0.205. The number of anilines is 3. The zero-order valence-electron chi connectivity index (χ0n) is 25.7. The lowest BCUT2D eigenvalue weighted by molar-refractivity contribution is -0.136. The van der Waals surface area contributed by atoms with Crippen LogP contribution in [-0.4, -0.2) is 101 Å². The molecule has 1 saturated carbocycles. The van der Waals surface area contributed by atoms with Gasteiger partial charge in [-0.3, -0.25) is 4.79 Å². The second-order valence-electron chi connectivity index (χ2n) is 10.4. The minimum Gasteiger partial charge on any atom is -0.491 e. The number of hydrogen-bond acceptors (Lipinski definition) is 10. The molecule has 1 amide bonds. The van der Waals surface area contributed by atoms with Crippen molar-refractivity contribution in [1.82, 2.24) is 14.9 Å². The number of nitrogens with one attached hydrogen (secondary N) is 2. The van der Waals surface area contributed by atoms with Crippen molar-refractivity contribution >= 4 is 39.3 Å². The van der Waals surface area contributed by atoms with Gasteiger partial charge in [-0.25, -0.2) is 4.98 Å². The van der Waals surface area contributed by atoms with Gasteiger partial charge in [0.1, 0.15) is 18.2 Å². The van der Waals surface area contributed by atoms with Crippen molar-refractivity contribution in [2.24, 2.45) is 5.92 Å². The average Bonchev–Trinajstić information content (AvgIpc) is 2.98. The molecule has 1 aromatic carbocycles. The fraction of sp³-hybridized carbons (Fsp3) is 0.645. The Labute approximate surface area is 264 Å². The summed E-state index contributed by atoms with van der Waals surface area (Å²) in [6.45, 7) is 6.52. The third kappa shape index (κ3) is 14.2. The van der Waals surface area contributed by atoms with Crippen LogP contribution in [0.5, 0.6) is 5.75 Å². The molecule has 0 aliphatic heterocycles. The fourth-order valence-electron chi connectivity index (χ4n) is 4.22. The van der Waals surface area contributed by atoms with Crippen molar-refractivity contribution in [1.29, 1.82) is 0 Å². The maximum Gasteiger partial charge on any atom is 0.229 e. The summed E-state index contributed by atoms with van der Waals surface area (Å²) in [4.78, 5) is 23.1. The van der Waals surface area contributed by atoms with Crippen molar-refractivity contribution in [2.45, 2.75) is 44.9 Å². The van der Waals surface area contributed by atoms with Gasteiger partial charge in [-0.05, 0) is 78.7 Å². The molecule has 1 aromatic heterocycles. The third-order valence-corrected chi connectivity index (χ3v) is 7.59. The lowest BCUT2D eigenvalue weighted by Gasteiger charge is -2.29. The molecule has 0 radical (unpaired) electrons. The van der Waals surface area contributed by atoms with E-state index >= 15 is 0 Å². The molecule has 240 valence electrons. The van der Waals surface area contributed by atoms with Gasteiger partial charge in [0.15, 0.2) is 0 Å². The Kier molecular flexibility index (Phi) is 17.3. The second-order valence-corrected chi connectivity index (χ2v) is 11.3. The summed E-state index contributed by atoms with van der Waals surface area (Å²) < 4.78 is 28.3. The van der Waals surface area contributed by atoms with Gasteiger partial charge in [0.25, 0.3) is 0 Å². The van der Waals surface area contributed by atoms with Gasteiger partial charge in [-0.1, -0.05) is 6.42 Å². The smallest absolute Gasteiger partial charge is 0.229 e. The predicted molar refractivity (Wildman–Crippen MR) is 171 cm³/mol. The largest absolute Gasteiger partial charge is 0.491 e. The molecule has 2 aromatic rings. The Hall–Kier alpha value is -2.51. The summed E-state index contributed by atoms with van der Waals surface area (Å²) in [5, 5.41) is 6.52. The number of likely N-dealkylation sites (N-methyl/N-ethyl adjacent to an activating group) is 1. The highest BCUT2D eigenvalue weighted by atomic mass is 79.9. The number of benzene rings is 1. The Morgan fingerprint density at radius 3 is 2.16 bits per heavy atom. The van der Waals surface area contributed by atoms with Crippen LogP contribution in [0.4, 0.5) is 17.5 Å². The highest BCUT2D eigenvalue weighted by Gasteiger charge is 2.27. The summed E-state index contributed by atoms with van der Waals surface area (Å²) >= 11 is 3.50. The molecule has 43 heavy (non-hydrogen) atoms. The first-order valence-corrected chi connectivity index (χ1v) is 16.1. The number of unbranched alkanes of at least 4 members (excludes halogenated alkanes) is 2. The van der Waals surface area contributed by atoms with Gasteiger partial charge in [-0.2, -0.15) is 4.98 Å². The molecule has 1 heterocycles. The van der Waals surface area contributed by atoms with E-state index in [4.69, 9.17) is 23.7 Å².